The van der Waals surface area contributed by atoms with Crippen LogP contribution in [0.1, 0.15) is 80.6 Å². The number of nitrogens with zero attached hydrogens (tertiary/aromatic N) is 3. The second-order valence-corrected chi connectivity index (χ2v) is 8.61. The lowest BCUT2D eigenvalue weighted by molar-refractivity contribution is -0.0240. The largest absolute Gasteiger partial charge is 0.393 e. The maximum absolute atomic E-state index is 10.3. The summed E-state index contributed by atoms with van der Waals surface area (Å²) >= 11 is 0. The van der Waals surface area contributed by atoms with Gasteiger partial charge in [-0.05, 0) is 80.2 Å². The molecule has 0 aliphatic carbocycles. The van der Waals surface area contributed by atoms with Crippen molar-refractivity contribution in [3.05, 3.63) is 0 Å². The van der Waals surface area contributed by atoms with E-state index < -0.39 is 0 Å². The van der Waals surface area contributed by atoms with Crippen LogP contribution >= 0.6 is 0 Å². The van der Waals surface area contributed by atoms with Crippen LogP contribution in [-0.4, -0.2) is 57.8 Å². The molecule has 1 aliphatic heterocycles. The molecule has 1 N–H and O–H groups in total. The van der Waals surface area contributed by atoms with Crippen molar-refractivity contribution in [3.8, 4) is 6.07 Å². The Morgan fingerprint density at radius 2 is 1.84 bits per heavy atom. The minimum atomic E-state index is -0.169. The predicted molar refractivity (Wildman–Crippen MR) is 105 cm³/mol. The molecule has 0 aromatic rings. The second-order valence-electron chi connectivity index (χ2n) is 8.61. The zero-order chi connectivity index (χ0) is 19.1. The fourth-order valence-electron chi connectivity index (χ4n) is 4.74. The molecule has 146 valence electrons. The van der Waals surface area contributed by atoms with Crippen LogP contribution in [0, 0.1) is 17.2 Å². The van der Waals surface area contributed by atoms with Crippen LogP contribution in [0.3, 0.4) is 0 Å². The molecule has 1 saturated heterocycles. The summed E-state index contributed by atoms with van der Waals surface area (Å²) in [5, 5.41) is 19.5. The molecule has 0 saturated carbocycles. The summed E-state index contributed by atoms with van der Waals surface area (Å²) in [6, 6.07) is 4.76. The van der Waals surface area contributed by atoms with Gasteiger partial charge in [-0.25, -0.2) is 0 Å². The average molecular weight is 352 g/mol. The molecule has 0 bridgehead atoms. The average Bonchev–Trinajstić information content (AvgIpc) is 2.49. The molecular weight excluding hydrogens is 310 g/mol. The van der Waals surface area contributed by atoms with E-state index >= 15 is 0 Å². The number of aliphatic hydroxyl groups is 1. The first-order valence-corrected chi connectivity index (χ1v) is 10.3. The van der Waals surface area contributed by atoms with Crippen LogP contribution in [0.5, 0.6) is 0 Å². The first kappa shape index (κ1) is 22.4. The maximum atomic E-state index is 10.3. The van der Waals surface area contributed by atoms with Crippen LogP contribution < -0.4 is 0 Å². The van der Waals surface area contributed by atoms with Crippen molar-refractivity contribution in [2.75, 3.05) is 6.54 Å². The van der Waals surface area contributed by atoms with E-state index in [1.165, 1.54) is 0 Å². The van der Waals surface area contributed by atoms with Crippen LogP contribution in [0.15, 0.2) is 0 Å². The van der Waals surface area contributed by atoms with E-state index in [0.29, 0.717) is 30.2 Å². The number of aliphatic hydroxyl groups excluding tert-OH is 1. The Balaban J connectivity index is 2.76. The van der Waals surface area contributed by atoms with E-state index in [0.717, 1.165) is 38.6 Å². The van der Waals surface area contributed by atoms with Gasteiger partial charge in [-0.2, -0.15) is 5.26 Å². The number of rotatable bonds is 9. The molecule has 4 heteroatoms. The lowest BCUT2D eigenvalue weighted by Gasteiger charge is -2.47. The fraction of sp³-hybridized carbons (Fsp3) is 0.952. The molecule has 0 radical (unpaired) electrons. The van der Waals surface area contributed by atoms with Crippen molar-refractivity contribution in [2.24, 2.45) is 5.92 Å². The summed E-state index contributed by atoms with van der Waals surface area (Å²) < 4.78 is 0. The zero-order valence-electron chi connectivity index (χ0n) is 17.6. The first-order chi connectivity index (χ1) is 11.7. The normalized spacial score (nSPS) is 27.7. The number of likely N-dealkylation sites (tertiary alicyclic amines) is 1. The number of hydrogen-bond donors (Lipinski definition) is 1. The van der Waals surface area contributed by atoms with E-state index in [1.807, 2.05) is 0 Å². The van der Waals surface area contributed by atoms with E-state index in [2.05, 4.69) is 64.3 Å². The molecule has 0 spiro atoms. The molecule has 5 atom stereocenters. The number of nitriles is 1. The van der Waals surface area contributed by atoms with Gasteiger partial charge in [0.25, 0.3) is 0 Å². The van der Waals surface area contributed by atoms with Crippen LogP contribution in [0.2, 0.25) is 0 Å². The third-order valence-electron chi connectivity index (χ3n) is 5.94. The minimum absolute atomic E-state index is 0.164. The Morgan fingerprint density at radius 3 is 2.32 bits per heavy atom. The van der Waals surface area contributed by atoms with Crippen molar-refractivity contribution in [3.63, 3.8) is 0 Å². The lowest BCUT2D eigenvalue weighted by Crippen LogP contribution is -2.55. The van der Waals surface area contributed by atoms with Gasteiger partial charge in [-0.1, -0.05) is 6.92 Å². The minimum Gasteiger partial charge on any atom is -0.393 e. The van der Waals surface area contributed by atoms with Gasteiger partial charge in [0.2, 0.25) is 0 Å². The zero-order valence-corrected chi connectivity index (χ0v) is 17.6. The highest BCUT2D eigenvalue weighted by Crippen LogP contribution is 2.29. The Labute approximate surface area is 156 Å². The molecule has 0 amide bonds. The molecule has 25 heavy (non-hydrogen) atoms. The number of piperidine rings is 1. The SMILES string of the molecule is CCC(C#N)CCN(C(C)C)C(C)C[C@@H]1CC(O)C[C@@H](C)N1C(C)C. The summed E-state index contributed by atoms with van der Waals surface area (Å²) in [6.45, 7) is 16.7. The standard InChI is InChI=1S/C21H41N3O/c1-8-19(14-22)9-10-23(15(2)3)17(6)11-20-13-21(25)12-18(7)24(20)16(4)5/h15-21,25H,8-13H2,1-7H3/t17?,18-,19?,20-,21?/m1/s1. The van der Waals surface area contributed by atoms with Gasteiger partial charge in [0, 0.05) is 36.1 Å². The van der Waals surface area contributed by atoms with E-state index in [4.69, 9.17) is 0 Å². The smallest absolute Gasteiger partial charge is 0.0656 e. The van der Waals surface area contributed by atoms with Gasteiger partial charge in [0.1, 0.15) is 0 Å². The monoisotopic (exact) mass is 351 g/mol. The topological polar surface area (TPSA) is 50.5 Å². The molecule has 1 aliphatic rings. The molecule has 4 nitrogen and oxygen atoms in total. The van der Waals surface area contributed by atoms with Crippen molar-refractivity contribution in [2.45, 2.75) is 117 Å². The third-order valence-corrected chi connectivity index (χ3v) is 5.94. The molecule has 1 rings (SSSR count). The summed E-state index contributed by atoms with van der Waals surface area (Å²) in [7, 11) is 0. The summed E-state index contributed by atoms with van der Waals surface area (Å²) in [5.41, 5.74) is 0. The van der Waals surface area contributed by atoms with E-state index in [1.54, 1.807) is 0 Å². The van der Waals surface area contributed by atoms with E-state index in [-0.39, 0.29) is 12.0 Å². The Kier molecular flexibility index (Phi) is 9.41. The highest BCUT2D eigenvalue weighted by atomic mass is 16.3. The van der Waals surface area contributed by atoms with Gasteiger partial charge in [-0.15, -0.1) is 0 Å². The van der Waals surface area contributed by atoms with Gasteiger partial charge >= 0.3 is 0 Å². The van der Waals surface area contributed by atoms with Gasteiger partial charge < -0.3 is 5.11 Å². The molecule has 1 heterocycles. The Bertz CT molecular complexity index is 418. The van der Waals surface area contributed by atoms with Crippen molar-refractivity contribution >= 4 is 0 Å². The first-order valence-electron chi connectivity index (χ1n) is 10.3. The molecule has 3 unspecified atom stereocenters. The molecule has 0 aromatic carbocycles. The van der Waals surface area contributed by atoms with Crippen LogP contribution in [-0.2, 0) is 0 Å². The van der Waals surface area contributed by atoms with Crippen LogP contribution in [0.4, 0.5) is 0 Å². The molecule has 0 aromatic heterocycles. The van der Waals surface area contributed by atoms with Crippen LogP contribution in [0.25, 0.3) is 0 Å². The third kappa shape index (κ3) is 6.55. The van der Waals surface area contributed by atoms with E-state index in [9.17, 15) is 10.4 Å². The Morgan fingerprint density at radius 1 is 1.20 bits per heavy atom. The van der Waals surface area contributed by atoms with Crippen molar-refractivity contribution in [1.82, 2.24) is 9.80 Å². The molecular formula is C21H41N3O. The van der Waals surface area contributed by atoms with Gasteiger partial charge in [0.15, 0.2) is 0 Å². The number of hydrogen-bond acceptors (Lipinski definition) is 4. The quantitative estimate of drug-likeness (QED) is 0.681. The van der Waals surface area contributed by atoms with Gasteiger partial charge in [0.05, 0.1) is 12.2 Å². The van der Waals surface area contributed by atoms with Crippen molar-refractivity contribution in [1.29, 1.82) is 5.26 Å². The Hall–Kier alpha value is -0.630. The summed E-state index contributed by atoms with van der Waals surface area (Å²) in [6.07, 6.45) is 4.57. The summed E-state index contributed by atoms with van der Waals surface area (Å²) in [5.74, 6) is 0.164. The highest BCUT2D eigenvalue weighted by molar-refractivity contribution is 4.91. The summed E-state index contributed by atoms with van der Waals surface area (Å²) in [4.78, 5) is 5.15. The molecule has 1 fully saturated rings. The highest BCUT2D eigenvalue weighted by Gasteiger charge is 2.35. The van der Waals surface area contributed by atoms with Crippen molar-refractivity contribution < 1.29 is 5.11 Å². The maximum Gasteiger partial charge on any atom is 0.0656 e. The lowest BCUT2D eigenvalue weighted by atomic mass is 9.88. The fourth-order valence-corrected chi connectivity index (χ4v) is 4.74. The second kappa shape index (κ2) is 10.5. The van der Waals surface area contributed by atoms with Gasteiger partial charge in [-0.3, -0.25) is 9.80 Å². The predicted octanol–water partition coefficient (Wildman–Crippen LogP) is 4.04.